The zero-order chi connectivity index (χ0) is 7.11. The summed E-state index contributed by atoms with van der Waals surface area (Å²) >= 11 is 0. The van der Waals surface area contributed by atoms with E-state index < -0.39 is 0 Å². The molecule has 0 spiro atoms. The van der Waals surface area contributed by atoms with Gasteiger partial charge in [0.25, 0.3) is 0 Å². The fourth-order valence-corrected chi connectivity index (χ4v) is 0.407. The second-order valence-corrected chi connectivity index (χ2v) is 1.65. The Morgan fingerprint density at radius 2 is 2.22 bits per heavy atom. The highest BCUT2D eigenvalue weighted by atomic mass is 15.4. The molecule has 3 heteroatoms. The molecule has 0 fully saturated rings. The normalized spacial score (nSPS) is 11.4. The SMILES string of the molecule is CC/C=N/N(C)C=NC. The Hall–Kier alpha value is -0.860. The van der Waals surface area contributed by atoms with Gasteiger partial charge >= 0.3 is 0 Å². The molecule has 0 aliphatic carbocycles. The molecule has 0 aromatic carbocycles. The first-order chi connectivity index (χ1) is 4.31. The van der Waals surface area contributed by atoms with Gasteiger partial charge in [-0.25, -0.2) is 0 Å². The largest absolute Gasteiger partial charge is 0.277 e. The van der Waals surface area contributed by atoms with Crippen molar-refractivity contribution in [2.75, 3.05) is 14.1 Å². The molecule has 9 heavy (non-hydrogen) atoms. The minimum Gasteiger partial charge on any atom is -0.277 e. The molecule has 0 saturated carbocycles. The van der Waals surface area contributed by atoms with E-state index in [9.17, 15) is 0 Å². The second kappa shape index (κ2) is 5.28. The van der Waals surface area contributed by atoms with Crippen LogP contribution in [0.1, 0.15) is 13.3 Å². The third-order valence-electron chi connectivity index (χ3n) is 0.729. The van der Waals surface area contributed by atoms with Crippen molar-refractivity contribution in [2.45, 2.75) is 13.3 Å². The van der Waals surface area contributed by atoms with Crippen molar-refractivity contribution >= 4 is 12.6 Å². The number of hydrogen-bond donors (Lipinski definition) is 0. The fraction of sp³-hybridized carbons (Fsp3) is 0.667. The van der Waals surface area contributed by atoms with Crippen LogP contribution in [0.5, 0.6) is 0 Å². The third-order valence-corrected chi connectivity index (χ3v) is 0.729. The molecule has 0 atom stereocenters. The smallest absolute Gasteiger partial charge is 0.105 e. The highest BCUT2D eigenvalue weighted by Crippen LogP contribution is 1.76. The van der Waals surface area contributed by atoms with Gasteiger partial charge in [-0.2, -0.15) is 5.10 Å². The van der Waals surface area contributed by atoms with Crippen molar-refractivity contribution in [1.29, 1.82) is 0 Å². The lowest BCUT2D eigenvalue weighted by Crippen LogP contribution is -2.07. The van der Waals surface area contributed by atoms with Gasteiger partial charge in [-0.3, -0.25) is 10.0 Å². The fourth-order valence-electron chi connectivity index (χ4n) is 0.407. The Morgan fingerprint density at radius 1 is 1.56 bits per heavy atom. The molecule has 52 valence electrons. The van der Waals surface area contributed by atoms with E-state index >= 15 is 0 Å². The summed E-state index contributed by atoms with van der Waals surface area (Å²) in [5.41, 5.74) is 0. The maximum absolute atomic E-state index is 3.99. The molecule has 0 N–H and O–H groups in total. The van der Waals surface area contributed by atoms with Crippen LogP contribution in [0, 0.1) is 0 Å². The molecular formula is C6H13N3. The van der Waals surface area contributed by atoms with Gasteiger partial charge in [-0.1, -0.05) is 6.92 Å². The van der Waals surface area contributed by atoms with Crippen LogP contribution in [0.4, 0.5) is 0 Å². The van der Waals surface area contributed by atoms with Crippen LogP contribution in [0.15, 0.2) is 10.1 Å². The highest BCUT2D eigenvalue weighted by Gasteiger charge is 1.78. The van der Waals surface area contributed by atoms with Gasteiger partial charge in [0.05, 0.1) is 0 Å². The van der Waals surface area contributed by atoms with Crippen molar-refractivity contribution < 1.29 is 0 Å². The lowest BCUT2D eigenvalue weighted by atomic mass is 10.6. The van der Waals surface area contributed by atoms with Gasteiger partial charge in [-0.05, 0) is 6.42 Å². The highest BCUT2D eigenvalue weighted by molar-refractivity contribution is 5.60. The minimum atomic E-state index is 0.960. The van der Waals surface area contributed by atoms with E-state index in [1.54, 1.807) is 18.4 Å². The van der Waals surface area contributed by atoms with Gasteiger partial charge in [0, 0.05) is 20.3 Å². The second-order valence-electron chi connectivity index (χ2n) is 1.65. The van der Waals surface area contributed by atoms with Crippen LogP contribution in [-0.4, -0.2) is 31.7 Å². The van der Waals surface area contributed by atoms with Crippen LogP contribution in [-0.2, 0) is 0 Å². The molecule has 0 rings (SSSR count). The molecule has 3 nitrogen and oxygen atoms in total. The summed E-state index contributed by atoms with van der Waals surface area (Å²) in [6, 6.07) is 0. The summed E-state index contributed by atoms with van der Waals surface area (Å²) in [7, 11) is 3.57. The van der Waals surface area contributed by atoms with E-state index in [0.717, 1.165) is 6.42 Å². The van der Waals surface area contributed by atoms with E-state index in [-0.39, 0.29) is 0 Å². The van der Waals surface area contributed by atoms with Gasteiger partial charge < -0.3 is 0 Å². The van der Waals surface area contributed by atoms with Crippen molar-refractivity contribution in [2.24, 2.45) is 10.1 Å². The monoisotopic (exact) mass is 127 g/mol. The molecule has 0 amide bonds. The lowest BCUT2D eigenvalue weighted by molar-refractivity contribution is 0.562. The van der Waals surface area contributed by atoms with E-state index in [2.05, 4.69) is 10.1 Å². The van der Waals surface area contributed by atoms with Crippen molar-refractivity contribution in [1.82, 2.24) is 5.01 Å². The average Bonchev–Trinajstić information content (AvgIpc) is 1.85. The summed E-state index contributed by atoms with van der Waals surface area (Å²) < 4.78 is 0. The number of hydrogen-bond acceptors (Lipinski definition) is 2. The minimum absolute atomic E-state index is 0.960. The van der Waals surface area contributed by atoms with E-state index in [4.69, 9.17) is 0 Å². The van der Waals surface area contributed by atoms with Gasteiger partial charge in [-0.15, -0.1) is 0 Å². The lowest BCUT2D eigenvalue weighted by Gasteiger charge is -2.01. The van der Waals surface area contributed by atoms with Crippen molar-refractivity contribution in [3.05, 3.63) is 0 Å². The first-order valence-corrected chi connectivity index (χ1v) is 2.98. The van der Waals surface area contributed by atoms with E-state index in [0.29, 0.717) is 0 Å². The summed E-state index contributed by atoms with van der Waals surface area (Å²) in [5.74, 6) is 0. The molecule has 0 aliphatic heterocycles. The Balaban J connectivity index is 3.48. The molecular weight excluding hydrogens is 114 g/mol. The predicted octanol–water partition coefficient (Wildman–Crippen LogP) is 0.972. The Morgan fingerprint density at radius 3 is 2.67 bits per heavy atom. The van der Waals surface area contributed by atoms with Crippen LogP contribution in [0.2, 0.25) is 0 Å². The van der Waals surface area contributed by atoms with Crippen LogP contribution >= 0.6 is 0 Å². The quantitative estimate of drug-likeness (QED) is 0.315. The summed E-state index contributed by atoms with van der Waals surface area (Å²) in [6.45, 7) is 2.04. The number of hydrazone groups is 1. The van der Waals surface area contributed by atoms with Crippen molar-refractivity contribution in [3.63, 3.8) is 0 Å². The number of nitrogens with zero attached hydrogens (tertiary/aromatic N) is 3. The maximum atomic E-state index is 3.99. The van der Waals surface area contributed by atoms with Gasteiger partial charge in [0.2, 0.25) is 0 Å². The van der Waals surface area contributed by atoms with Crippen LogP contribution in [0.25, 0.3) is 0 Å². The van der Waals surface area contributed by atoms with E-state index in [1.165, 1.54) is 0 Å². The molecule has 0 bridgehead atoms. The molecule has 0 radical (unpaired) electrons. The Kier molecular flexibility index (Phi) is 4.78. The molecule has 0 saturated heterocycles. The third kappa shape index (κ3) is 5.00. The van der Waals surface area contributed by atoms with Crippen LogP contribution < -0.4 is 0 Å². The number of rotatable bonds is 3. The maximum Gasteiger partial charge on any atom is 0.105 e. The summed E-state index contributed by atoms with van der Waals surface area (Å²) in [5, 5.41) is 5.66. The predicted molar refractivity (Wildman–Crippen MR) is 41.0 cm³/mol. The molecule has 0 aromatic rings. The van der Waals surface area contributed by atoms with Crippen molar-refractivity contribution in [3.8, 4) is 0 Å². The Labute approximate surface area is 56.1 Å². The standard InChI is InChI=1S/C6H13N3/c1-4-5-8-9(3)6-7-2/h5-6H,4H2,1-3H3/b7-6?,8-5+. The summed E-state index contributed by atoms with van der Waals surface area (Å²) in [4.78, 5) is 3.78. The topological polar surface area (TPSA) is 28.0 Å². The molecule has 0 heterocycles. The first kappa shape index (κ1) is 8.14. The van der Waals surface area contributed by atoms with E-state index in [1.807, 2.05) is 20.2 Å². The first-order valence-electron chi connectivity index (χ1n) is 2.98. The molecule has 0 aliphatic rings. The molecule has 0 aromatic heterocycles. The molecule has 0 unspecified atom stereocenters. The van der Waals surface area contributed by atoms with Crippen LogP contribution in [0.3, 0.4) is 0 Å². The average molecular weight is 127 g/mol. The van der Waals surface area contributed by atoms with Gasteiger partial charge in [0.15, 0.2) is 0 Å². The summed E-state index contributed by atoms with van der Waals surface area (Å²) in [6.07, 6.45) is 4.45. The zero-order valence-corrected chi connectivity index (χ0v) is 6.20. The van der Waals surface area contributed by atoms with Gasteiger partial charge in [0.1, 0.15) is 6.34 Å². The Bertz CT molecular complexity index is 107. The number of aliphatic imine (C=N–C) groups is 1. The zero-order valence-electron chi connectivity index (χ0n) is 6.20.